The van der Waals surface area contributed by atoms with E-state index >= 15 is 0 Å². The van der Waals surface area contributed by atoms with Gasteiger partial charge in [0.15, 0.2) is 5.69 Å². The molecule has 2 heterocycles. The number of aliphatic hydroxyl groups is 1. The van der Waals surface area contributed by atoms with E-state index in [4.69, 9.17) is 24.1 Å². The molecule has 0 spiro atoms. The number of thiazole rings is 1. The summed E-state index contributed by atoms with van der Waals surface area (Å²) < 4.78 is 21.7. The van der Waals surface area contributed by atoms with Gasteiger partial charge in [0.2, 0.25) is 11.8 Å². The van der Waals surface area contributed by atoms with Gasteiger partial charge in [-0.05, 0) is 29.5 Å². The molecule has 1 amide bonds. The van der Waals surface area contributed by atoms with Crippen LogP contribution in [0.5, 0.6) is 28.7 Å². The monoisotopic (exact) mass is 488 g/mol. The van der Waals surface area contributed by atoms with Crippen molar-refractivity contribution in [1.82, 2.24) is 15.0 Å². The van der Waals surface area contributed by atoms with Gasteiger partial charge in [0.1, 0.15) is 18.1 Å². The molecule has 182 valence electrons. The summed E-state index contributed by atoms with van der Waals surface area (Å²) in [5, 5.41) is 13.5. The van der Waals surface area contributed by atoms with Gasteiger partial charge in [-0.2, -0.15) is 15.0 Å². The van der Waals surface area contributed by atoms with Crippen molar-refractivity contribution in [2.45, 2.75) is 33.1 Å². The van der Waals surface area contributed by atoms with E-state index in [0.29, 0.717) is 10.9 Å². The Hall–Kier alpha value is -3.44. The minimum atomic E-state index is -0.518. The van der Waals surface area contributed by atoms with E-state index in [1.54, 1.807) is 5.38 Å². The first kappa shape index (κ1) is 25.2. The van der Waals surface area contributed by atoms with E-state index in [-0.39, 0.29) is 47.8 Å². The molecule has 10 nitrogen and oxygen atoms in total. The van der Waals surface area contributed by atoms with Crippen LogP contribution in [0, 0.1) is 6.92 Å². The van der Waals surface area contributed by atoms with Crippen molar-refractivity contribution in [3.8, 4) is 28.7 Å². The van der Waals surface area contributed by atoms with Crippen LogP contribution in [-0.2, 0) is 5.41 Å². The third kappa shape index (κ3) is 5.91. The smallest absolute Gasteiger partial charge is 0.323 e. The van der Waals surface area contributed by atoms with Gasteiger partial charge in [0.25, 0.3) is 11.1 Å². The van der Waals surface area contributed by atoms with Crippen LogP contribution in [0.2, 0.25) is 0 Å². The third-order valence-electron chi connectivity index (χ3n) is 4.74. The molecule has 0 aliphatic heterocycles. The molecule has 0 bridgehead atoms. The summed E-state index contributed by atoms with van der Waals surface area (Å²) in [6.07, 6.45) is 0. The zero-order valence-corrected chi connectivity index (χ0v) is 20.8. The van der Waals surface area contributed by atoms with Crippen molar-refractivity contribution in [3.63, 3.8) is 0 Å². The number of anilines is 1. The van der Waals surface area contributed by atoms with E-state index < -0.39 is 5.91 Å². The van der Waals surface area contributed by atoms with Crippen LogP contribution in [-0.4, -0.2) is 53.4 Å². The molecule has 11 heteroatoms. The molecule has 3 aromatic rings. The molecule has 0 atom stereocenters. The number of aromatic nitrogens is 3. The summed E-state index contributed by atoms with van der Waals surface area (Å²) in [5.74, 6) is 0.239. The lowest BCUT2D eigenvalue weighted by molar-refractivity contribution is 0.102. The fraction of sp³-hybridized carbons (Fsp3) is 0.391. The van der Waals surface area contributed by atoms with E-state index in [0.717, 1.165) is 11.1 Å². The van der Waals surface area contributed by atoms with E-state index in [2.05, 4.69) is 47.1 Å². The molecule has 2 aromatic heterocycles. The maximum Gasteiger partial charge on any atom is 0.323 e. The number of hydrogen-bond acceptors (Lipinski definition) is 10. The third-order valence-corrected chi connectivity index (χ3v) is 5.45. The second-order valence-electron chi connectivity index (χ2n) is 8.26. The second-order valence-corrected chi connectivity index (χ2v) is 9.08. The number of nitrogens with one attached hydrogen (secondary N) is 1. The fourth-order valence-electron chi connectivity index (χ4n) is 2.86. The highest BCUT2D eigenvalue weighted by molar-refractivity contribution is 7.11. The largest absolute Gasteiger partial charge is 0.479 e. The number of aryl methyl sites for hydroxylation is 1. The SMILES string of the molecule is COc1nc(OCCO)nc(OC)c1NC(=O)c1csc(Oc2cc(C(C)(C)C)ccc2C)n1. The number of carbonyl (C=O) groups is 1. The predicted molar refractivity (Wildman–Crippen MR) is 128 cm³/mol. The number of rotatable bonds is 9. The summed E-state index contributed by atoms with van der Waals surface area (Å²) in [7, 11) is 2.77. The minimum Gasteiger partial charge on any atom is -0.479 e. The summed E-state index contributed by atoms with van der Waals surface area (Å²) in [6.45, 7) is 8.13. The van der Waals surface area contributed by atoms with Crippen LogP contribution in [0.3, 0.4) is 0 Å². The molecular weight excluding hydrogens is 460 g/mol. The Morgan fingerprint density at radius 2 is 1.79 bits per heavy atom. The average Bonchev–Trinajstić information content (AvgIpc) is 3.27. The predicted octanol–water partition coefficient (Wildman–Crippen LogP) is 3.97. The Kier molecular flexibility index (Phi) is 7.90. The molecule has 1 aromatic carbocycles. The normalized spacial score (nSPS) is 11.1. The number of benzene rings is 1. The summed E-state index contributed by atoms with van der Waals surface area (Å²) in [6, 6.07) is 6.01. The molecule has 0 radical (unpaired) electrons. The molecular formula is C23H28N4O6S. The second kappa shape index (κ2) is 10.7. The summed E-state index contributed by atoms with van der Waals surface area (Å²) in [5.41, 5.74) is 2.33. The first-order valence-electron chi connectivity index (χ1n) is 10.5. The van der Waals surface area contributed by atoms with E-state index in [1.165, 1.54) is 25.6 Å². The van der Waals surface area contributed by atoms with Gasteiger partial charge in [-0.1, -0.05) is 44.2 Å². The molecule has 0 aliphatic rings. The fourth-order valence-corrected chi connectivity index (χ4v) is 3.52. The number of amides is 1. The van der Waals surface area contributed by atoms with Gasteiger partial charge >= 0.3 is 6.01 Å². The Morgan fingerprint density at radius 3 is 2.38 bits per heavy atom. The highest BCUT2D eigenvalue weighted by Gasteiger charge is 2.22. The first-order valence-corrected chi connectivity index (χ1v) is 11.3. The molecule has 0 saturated heterocycles. The van der Waals surface area contributed by atoms with Crippen LogP contribution < -0.4 is 24.3 Å². The van der Waals surface area contributed by atoms with Crippen LogP contribution in [0.15, 0.2) is 23.6 Å². The quantitative estimate of drug-likeness (QED) is 0.460. The maximum absolute atomic E-state index is 12.9. The van der Waals surface area contributed by atoms with Gasteiger partial charge < -0.3 is 29.4 Å². The lowest BCUT2D eigenvalue weighted by atomic mass is 9.86. The van der Waals surface area contributed by atoms with Gasteiger partial charge in [-0.15, -0.1) is 0 Å². The molecule has 3 rings (SSSR count). The Bertz CT molecular complexity index is 1130. The Balaban J connectivity index is 1.80. The number of ether oxygens (including phenoxy) is 4. The van der Waals surface area contributed by atoms with Gasteiger partial charge in [0, 0.05) is 5.38 Å². The highest BCUT2D eigenvalue weighted by atomic mass is 32.1. The number of aliphatic hydroxyl groups excluding tert-OH is 1. The zero-order chi connectivity index (χ0) is 24.9. The molecule has 0 unspecified atom stereocenters. The molecule has 0 aliphatic carbocycles. The van der Waals surface area contributed by atoms with Crippen molar-refractivity contribution in [2.24, 2.45) is 0 Å². The molecule has 34 heavy (non-hydrogen) atoms. The Labute approximate surface area is 201 Å². The van der Waals surface area contributed by atoms with Crippen LogP contribution in [0.25, 0.3) is 0 Å². The maximum atomic E-state index is 12.9. The van der Waals surface area contributed by atoms with Crippen molar-refractivity contribution in [3.05, 3.63) is 40.4 Å². The lowest BCUT2D eigenvalue weighted by Crippen LogP contribution is -2.16. The van der Waals surface area contributed by atoms with E-state index in [9.17, 15) is 4.79 Å². The number of methoxy groups -OCH3 is 2. The zero-order valence-electron chi connectivity index (χ0n) is 20.0. The van der Waals surface area contributed by atoms with Gasteiger partial charge in [-0.3, -0.25) is 4.79 Å². The molecule has 0 saturated carbocycles. The van der Waals surface area contributed by atoms with Gasteiger partial charge in [0.05, 0.1) is 20.8 Å². The Morgan fingerprint density at radius 1 is 1.12 bits per heavy atom. The van der Waals surface area contributed by atoms with Crippen molar-refractivity contribution in [1.29, 1.82) is 0 Å². The minimum absolute atomic E-state index is 0.00223. The summed E-state index contributed by atoms with van der Waals surface area (Å²) in [4.78, 5) is 25.3. The highest BCUT2D eigenvalue weighted by Crippen LogP contribution is 2.35. The average molecular weight is 489 g/mol. The van der Waals surface area contributed by atoms with Gasteiger partial charge in [-0.25, -0.2) is 0 Å². The molecule has 0 fully saturated rings. The lowest BCUT2D eigenvalue weighted by Gasteiger charge is -2.20. The van der Waals surface area contributed by atoms with Crippen LogP contribution >= 0.6 is 11.3 Å². The first-order chi connectivity index (χ1) is 16.2. The van der Waals surface area contributed by atoms with Crippen molar-refractivity contribution >= 4 is 22.9 Å². The number of hydrogen-bond donors (Lipinski definition) is 2. The standard InChI is InChI=1S/C23H28N4O6S/c1-13-7-8-14(23(2,3)4)11-16(13)33-22-24-15(12-34-22)18(29)25-17-19(30-5)26-21(32-10-9-28)27-20(17)31-6/h7-8,11-12,28H,9-10H2,1-6H3,(H,25,29). The van der Waals surface area contributed by atoms with Crippen LogP contribution in [0.4, 0.5) is 5.69 Å². The molecule has 2 N–H and O–H groups in total. The summed E-state index contributed by atoms with van der Waals surface area (Å²) >= 11 is 1.21. The number of nitrogens with zero attached hydrogens (tertiary/aromatic N) is 3. The number of carbonyl (C=O) groups excluding carboxylic acids is 1. The van der Waals surface area contributed by atoms with Crippen molar-refractivity contribution in [2.75, 3.05) is 32.8 Å². The van der Waals surface area contributed by atoms with Crippen LogP contribution in [0.1, 0.15) is 42.4 Å². The van der Waals surface area contributed by atoms with E-state index in [1.807, 2.05) is 19.1 Å². The topological polar surface area (TPSA) is 125 Å². The van der Waals surface area contributed by atoms with Crippen molar-refractivity contribution < 1.29 is 28.8 Å².